The average molecular weight is 207 g/mol. The summed E-state index contributed by atoms with van der Waals surface area (Å²) >= 11 is 0.733. The van der Waals surface area contributed by atoms with E-state index in [0.717, 1.165) is 23.7 Å². The zero-order chi connectivity index (χ0) is 2.00. The van der Waals surface area contributed by atoms with Gasteiger partial charge in [-0.1, -0.05) is 0 Å². The van der Waals surface area contributed by atoms with E-state index in [-0.39, 0.29) is 42.4 Å². The minimum atomic E-state index is 0. The molecule has 20 valence electrons. The monoisotopic (exact) mass is 208 g/mol. The standard InChI is InChI=1S/Ca.Cd.FH.S.2H/h;;1H;;;. The van der Waals surface area contributed by atoms with Crippen LogP contribution in [0, 0.1) is 0 Å². The molecule has 0 aliphatic rings. The van der Waals surface area contributed by atoms with Crippen LogP contribution < -0.4 is 0 Å². The Labute approximate surface area is 73.2 Å². The van der Waals surface area contributed by atoms with Gasteiger partial charge in [-0.2, -0.15) is 0 Å². The molecule has 0 saturated carbocycles. The van der Waals surface area contributed by atoms with Crippen LogP contribution in [-0.4, -0.2) is 37.7 Å². The Bertz CT molecular complexity index is 8.00. The van der Waals surface area contributed by atoms with Crippen LogP contribution in [0.5, 0.6) is 0 Å². The first-order valence-corrected chi connectivity index (χ1v) is 5.81. The molecule has 0 rings (SSSR count). The quantitative estimate of drug-likeness (QED) is 0.498. The Hall–Kier alpha value is 2.33. The predicted molar refractivity (Wildman–Crippen MR) is 18.6 cm³/mol. The summed E-state index contributed by atoms with van der Waals surface area (Å²) in [5, 5.41) is 0. The van der Waals surface area contributed by atoms with Gasteiger partial charge in [0.05, 0.1) is 0 Å². The molecule has 0 bridgehead atoms. The van der Waals surface area contributed by atoms with E-state index in [1.54, 1.807) is 0 Å². The van der Waals surface area contributed by atoms with Gasteiger partial charge in [0, 0.05) is 0 Å². The molecular formula is H3CaCdFS. The van der Waals surface area contributed by atoms with Gasteiger partial charge in [0.1, 0.15) is 0 Å². The van der Waals surface area contributed by atoms with Crippen LogP contribution in [0.4, 0.5) is 4.70 Å². The van der Waals surface area contributed by atoms with Gasteiger partial charge in [-0.05, 0) is 0 Å². The van der Waals surface area contributed by atoms with Crippen molar-refractivity contribution < 1.29 is 28.4 Å². The number of hydrogen-bond donors (Lipinski definition) is 0. The molecule has 0 amide bonds. The molecule has 4 heavy (non-hydrogen) atoms. The van der Waals surface area contributed by atoms with Gasteiger partial charge in [-0.25, -0.2) is 0 Å². The molecule has 0 aliphatic carbocycles. The fourth-order valence-corrected chi connectivity index (χ4v) is 0. The molecule has 0 aromatic rings. The third-order valence-corrected chi connectivity index (χ3v) is 0. The SMILES string of the molecule is F.[CaH2].[S]=[Cd]. The van der Waals surface area contributed by atoms with E-state index >= 15 is 0 Å². The van der Waals surface area contributed by atoms with E-state index in [4.69, 9.17) is 0 Å². The molecule has 0 spiro atoms. The zero-order valence-electron chi connectivity index (χ0n) is 1.52. The predicted octanol–water partition coefficient (Wildman–Crippen LogP) is -0.118. The molecule has 0 aromatic heterocycles. The normalized spacial score (nSPS) is 1.50. The molecule has 0 heterocycles. The molecular weight excluding hydrogens is 204 g/mol. The molecule has 0 atom stereocenters. The van der Waals surface area contributed by atoms with Crippen molar-refractivity contribution in [2.45, 2.75) is 0 Å². The average Bonchev–Trinajstić information content (AvgIpc) is 1.00. The van der Waals surface area contributed by atoms with Crippen molar-refractivity contribution in [3.05, 3.63) is 0 Å². The number of hydrogen-bond acceptors (Lipinski definition) is 1. The van der Waals surface area contributed by atoms with Gasteiger partial charge in [-0.15, -0.1) is 0 Å². The maximum atomic E-state index is 4.25. The van der Waals surface area contributed by atoms with Gasteiger partial charge < -0.3 is 0 Å². The molecule has 0 nitrogen and oxygen atoms in total. The first-order valence-electron chi connectivity index (χ1n) is 0.289. The second-order valence-corrected chi connectivity index (χ2v) is 0. The summed E-state index contributed by atoms with van der Waals surface area (Å²) < 4.78 is 0. The fourth-order valence-electron chi connectivity index (χ4n) is 0. The summed E-state index contributed by atoms with van der Waals surface area (Å²) in [6, 6.07) is 0. The summed E-state index contributed by atoms with van der Waals surface area (Å²) in [7, 11) is 4.25. The van der Waals surface area contributed by atoms with Crippen LogP contribution >= 0.6 is 8.65 Å². The number of rotatable bonds is 0. The van der Waals surface area contributed by atoms with E-state index in [1.807, 2.05) is 0 Å². The first kappa shape index (κ1) is 16.2. The second kappa shape index (κ2) is 18.4. The Kier molecular flexibility index (Phi) is 74.6. The van der Waals surface area contributed by atoms with Gasteiger partial charge in [0.25, 0.3) is 0 Å². The van der Waals surface area contributed by atoms with E-state index in [1.165, 1.54) is 0 Å². The number of halogens is 1. The summed E-state index contributed by atoms with van der Waals surface area (Å²) in [4.78, 5) is 0. The molecule has 0 N–H and O–H groups in total. The van der Waals surface area contributed by atoms with E-state index in [0.29, 0.717) is 0 Å². The van der Waals surface area contributed by atoms with Crippen LogP contribution in [0.3, 0.4) is 0 Å². The van der Waals surface area contributed by atoms with Crippen LogP contribution in [0.25, 0.3) is 0 Å². The third kappa shape index (κ3) is 8.84. The van der Waals surface area contributed by atoms with Crippen LogP contribution in [0.2, 0.25) is 0 Å². The molecule has 0 aliphatic heterocycles. The molecule has 4 heteroatoms. The van der Waals surface area contributed by atoms with Gasteiger partial charge in [0.15, 0.2) is 0 Å². The van der Waals surface area contributed by atoms with E-state index in [9.17, 15) is 0 Å². The first-order chi connectivity index (χ1) is 1.00. The van der Waals surface area contributed by atoms with Gasteiger partial charge in [0.2, 0.25) is 0 Å². The van der Waals surface area contributed by atoms with Crippen LogP contribution in [0.15, 0.2) is 0 Å². The van der Waals surface area contributed by atoms with Crippen molar-refractivity contribution in [2.75, 3.05) is 0 Å². The molecule has 0 radical (unpaired) electrons. The van der Waals surface area contributed by atoms with Crippen LogP contribution in [-0.2, 0) is 23.7 Å². The van der Waals surface area contributed by atoms with E-state index < -0.39 is 0 Å². The molecule has 0 fully saturated rings. The van der Waals surface area contributed by atoms with Crippen LogP contribution in [0.1, 0.15) is 0 Å². The summed E-state index contributed by atoms with van der Waals surface area (Å²) in [6.07, 6.45) is 0. The molecule has 0 aromatic carbocycles. The summed E-state index contributed by atoms with van der Waals surface area (Å²) in [5.74, 6) is 0. The Morgan fingerprint density at radius 2 is 1.25 bits per heavy atom. The molecule has 0 unspecified atom stereocenters. The van der Waals surface area contributed by atoms with Crippen molar-refractivity contribution >= 4 is 46.4 Å². The zero-order valence-corrected chi connectivity index (χ0v) is 6.38. The van der Waals surface area contributed by atoms with Crippen molar-refractivity contribution in [3.63, 3.8) is 0 Å². The second-order valence-electron chi connectivity index (χ2n) is 0. The maximum absolute atomic E-state index is 4.25. The van der Waals surface area contributed by atoms with E-state index in [2.05, 4.69) is 8.65 Å². The third-order valence-electron chi connectivity index (χ3n) is 0. The minimum absolute atomic E-state index is 0. The van der Waals surface area contributed by atoms with Gasteiger partial charge in [-0.3, -0.25) is 4.70 Å². The van der Waals surface area contributed by atoms with Crippen molar-refractivity contribution in [3.8, 4) is 0 Å². The van der Waals surface area contributed by atoms with Crippen molar-refractivity contribution in [1.29, 1.82) is 0 Å². The van der Waals surface area contributed by atoms with Crippen molar-refractivity contribution in [2.24, 2.45) is 0 Å². The van der Waals surface area contributed by atoms with Gasteiger partial charge >= 0.3 is 70.1 Å². The summed E-state index contributed by atoms with van der Waals surface area (Å²) in [6.45, 7) is 0. The van der Waals surface area contributed by atoms with Crippen molar-refractivity contribution in [1.82, 2.24) is 0 Å². The summed E-state index contributed by atoms with van der Waals surface area (Å²) in [5.41, 5.74) is 0. The molecule has 0 saturated heterocycles. The fraction of sp³-hybridized carbons (Fsp3) is 0. The Morgan fingerprint density at radius 3 is 1.25 bits per heavy atom. The Balaban J connectivity index is -0.00000000500. The Morgan fingerprint density at radius 1 is 1.25 bits per heavy atom. The topological polar surface area (TPSA) is 0 Å².